The number of hydrogen-bond donors (Lipinski definition) is 2. The number of hydrogen-bond acceptors (Lipinski definition) is 7. The number of carboxylic acids is 1. The molecule has 1 aliphatic carbocycles. The summed E-state index contributed by atoms with van der Waals surface area (Å²) in [5.74, 6) is -1.28. The van der Waals surface area contributed by atoms with Gasteiger partial charge < -0.3 is 10.2 Å². The first-order valence-electron chi connectivity index (χ1n) is 12.2. The molecule has 2 aromatic rings. The average molecular weight is 479 g/mol. The predicted molar refractivity (Wildman–Crippen MR) is 128 cm³/mol. The normalized spacial score (nSPS) is 25.6. The van der Waals surface area contributed by atoms with Crippen molar-refractivity contribution < 1.29 is 24.6 Å². The summed E-state index contributed by atoms with van der Waals surface area (Å²) in [6.45, 7) is 4.18. The van der Waals surface area contributed by atoms with Crippen molar-refractivity contribution in [1.82, 2.24) is 14.8 Å². The summed E-state index contributed by atoms with van der Waals surface area (Å²) in [5, 5.41) is 19.5. The van der Waals surface area contributed by atoms with Crippen molar-refractivity contribution in [2.75, 3.05) is 31.1 Å². The highest BCUT2D eigenvalue weighted by Crippen LogP contribution is 2.34. The Labute approximate surface area is 204 Å². The van der Waals surface area contributed by atoms with Gasteiger partial charge in [0.2, 0.25) is 0 Å². The summed E-state index contributed by atoms with van der Waals surface area (Å²) in [7, 11) is 0. The van der Waals surface area contributed by atoms with E-state index < -0.39 is 11.6 Å². The third-order valence-corrected chi connectivity index (χ3v) is 7.49. The van der Waals surface area contributed by atoms with Crippen molar-refractivity contribution in [3.05, 3.63) is 59.3 Å². The second-order valence-electron chi connectivity index (χ2n) is 9.82. The number of aliphatic carboxylic acids is 1. The molecular weight excluding hydrogens is 448 g/mol. The predicted octanol–water partition coefficient (Wildman–Crippen LogP) is 2.15. The molecule has 184 valence electrons. The van der Waals surface area contributed by atoms with Crippen LogP contribution in [0.4, 0.5) is 5.82 Å². The summed E-state index contributed by atoms with van der Waals surface area (Å²) >= 11 is 0. The molecule has 1 saturated heterocycles. The quantitative estimate of drug-likeness (QED) is 0.607. The van der Waals surface area contributed by atoms with Gasteiger partial charge in [-0.15, -0.1) is 0 Å². The fourth-order valence-corrected chi connectivity index (χ4v) is 5.56. The Kier molecular flexibility index (Phi) is 6.39. The van der Waals surface area contributed by atoms with E-state index in [4.69, 9.17) is 5.11 Å². The van der Waals surface area contributed by atoms with Gasteiger partial charge in [-0.25, -0.2) is 9.88 Å². The fraction of sp³-hybridized carbons (Fsp3) is 0.462. The van der Waals surface area contributed by atoms with E-state index in [-0.39, 0.29) is 18.2 Å². The number of anilines is 1. The second kappa shape index (κ2) is 9.49. The number of carbonyl (C=O) groups is 3. The molecule has 1 aromatic heterocycles. The van der Waals surface area contributed by atoms with E-state index in [0.29, 0.717) is 42.4 Å². The van der Waals surface area contributed by atoms with E-state index in [1.165, 1.54) is 0 Å². The lowest BCUT2D eigenvalue weighted by atomic mass is 9.79. The molecular formula is C26H30N4O5. The van der Waals surface area contributed by atoms with Gasteiger partial charge in [0.15, 0.2) is 0 Å². The molecule has 0 atom stereocenters. The van der Waals surface area contributed by atoms with Crippen LogP contribution in [0.15, 0.2) is 42.5 Å². The Balaban J connectivity index is 1.16. The van der Waals surface area contributed by atoms with Crippen molar-refractivity contribution >= 4 is 23.6 Å². The summed E-state index contributed by atoms with van der Waals surface area (Å²) in [4.78, 5) is 47.1. The number of amides is 2. The van der Waals surface area contributed by atoms with E-state index in [9.17, 15) is 19.5 Å². The number of aliphatic hydroxyl groups is 1. The van der Waals surface area contributed by atoms with Gasteiger partial charge in [0.25, 0.3) is 11.8 Å². The van der Waals surface area contributed by atoms with Gasteiger partial charge in [-0.3, -0.25) is 24.2 Å². The van der Waals surface area contributed by atoms with Gasteiger partial charge in [-0.1, -0.05) is 18.2 Å². The highest BCUT2D eigenvalue weighted by molar-refractivity contribution is 6.34. The van der Waals surface area contributed by atoms with E-state index in [1.807, 2.05) is 12.1 Å². The molecule has 35 heavy (non-hydrogen) atoms. The molecule has 5 rings (SSSR count). The standard InChI is InChI=1S/C26H30N4O5/c31-23(32)16-26(35)10-8-19(9-11-26)29-14-12-28(13-15-29)17-18-4-3-7-22(27-18)30-24(33)20-5-1-2-6-21(20)25(30)34/h1-7,19,35H,8-17H2,(H,31,32). The van der Waals surface area contributed by atoms with Crippen LogP contribution in [0.3, 0.4) is 0 Å². The number of carboxylic acid groups (broad SMARTS) is 1. The highest BCUT2D eigenvalue weighted by Gasteiger charge is 2.38. The lowest BCUT2D eigenvalue weighted by Crippen LogP contribution is -2.52. The van der Waals surface area contributed by atoms with Crippen molar-refractivity contribution in [1.29, 1.82) is 0 Å². The van der Waals surface area contributed by atoms with E-state index >= 15 is 0 Å². The number of benzene rings is 1. The molecule has 9 nitrogen and oxygen atoms in total. The maximum atomic E-state index is 12.8. The molecule has 0 bridgehead atoms. The van der Waals surface area contributed by atoms with E-state index in [1.54, 1.807) is 30.3 Å². The fourth-order valence-electron chi connectivity index (χ4n) is 5.56. The van der Waals surface area contributed by atoms with E-state index in [0.717, 1.165) is 49.6 Å². The number of carbonyl (C=O) groups excluding carboxylic acids is 2. The smallest absolute Gasteiger partial charge is 0.306 e. The molecule has 3 heterocycles. The van der Waals surface area contributed by atoms with Crippen molar-refractivity contribution in [2.24, 2.45) is 0 Å². The largest absolute Gasteiger partial charge is 0.481 e. The first-order chi connectivity index (χ1) is 16.8. The first kappa shape index (κ1) is 23.6. The molecule has 3 aliphatic rings. The van der Waals surface area contributed by atoms with Gasteiger partial charge in [0, 0.05) is 38.8 Å². The summed E-state index contributed by atoms with van der Waals surface area (Å²) < 4.78 is 0. The molecule has 0 radical (unpaired) electrons. The third kappa shape index (κ3) is 4.84. The van der Waals surface area contributed by atoms with Crippen LogP contribution in [0.2, 0.25) is 0 Å². The molecule has 0 unspecified atom stereocenters. The molecule has 1 aromatic carbocycles. The number of aromatic nitrogens is 1. The Morgan fingerprint density at radius 3 is 2.17 bits per heavy atom. The number of piperazine rings is 1. The Morgan fingerprint density at radius 2 is 1.57 bits per heavy atom. The van der Waals surface area contributed by atoms with Crippen LogP contribution in [0, 0.1) is 0 Å². The SMILES string of the molecule is O=C(O)CC1(O)CCC(N2CCN(Cc3cccc(N4C(=O)c5ccccc5C4=O)n3)CC2)CC1. The van der Waals surface area contributed by atoms with Crippen LogP contribution < -0.4 is 4.90 Å². The summed E-state index contributed by atoms with van der Waals surface area (Å²) in [6.07, 6.45) is 2.50. The number of pyridine rings is 1. The van der Waals surface area contributed by atoms with Crippen molar-refractivity contribution in [3.63, 3.8) is 0 Å². The lowest BCUT2D eigenvalue weighted by molar-refractivity contribution is -0.144. The van der Waals surface area contributed by atoms with Crippen molar-refractivity contribution in [3.8, 4) is 0 Å². The minimum Gasteiger partial charge on any atom is -0.481 e. The highest BCUT2D eigenvalue weighted by atomic mass is 16.4. The van der Waals surface area contributed by atoms with Gasteiger partial charge in [0.1, 0.15) is 5.82 Å². The molecule has 2 N–H and O–H groups in total. The molecule has 1 saturated carbocycles. The first-order valence-corrected chi connectivity index (χ1v) is 12.2. The maximum absolute atomic E-state index is 12.8. The Bertz CT molecular complexity index is 1100. The summed E-state index contributed by atoms with van der Waals surface area (Å²) in [6, 6.07) is 12.6. The van der Waals surface area contributed by atoms with Gasteiger partial charge in [0.05, 0.1) is 28.8 Å². The van der Waals surface area contributed by atoms with Crippen LogP contribution in [0.1, 0.15) is 58.5 Å². The molecule has 2 fully saturated rings. The van der Waals surface area contributed by atoms with Crippen LogP contribution >= 0.6 is 0 Å². The average Bonchev–Trinajstić information content (AvgIpc) is 3.10. The van der Waals surface area contributed by atoms with Crippen LogP contribution in [-0.2, 0) is 11.3 Å². The second-order valence-corrected chi connectivity index (χ2v) is 9.82. The number of fused-ring (bicyclic) bond motifs is 1. The van der Waals surface area contributed by atoms with Gasteiger partial charge in [-0.05, 0) is 49.9 Å². The Hall–Kier alpha value is -3.14. The summed E-state index contributed by atoms with van der Waals surface area (Å²) in [5.41, 5.74) is 0.555. The lowest BCUT2D eigenvalue weighted by Gasteiger charge is -2.43. The monoisotopic (exact) mass is 478 g/mol. The van der Waals surface area contributed by atoms with Crippen molar-refractivity contribution in [2.45, 2.75) is 50.3 Å². The zero-order chi connectivity index (χ0) is 24.6. The molecule has 2 aliphatic heterocycles. The third-order valence-electron chi connectivity index (χ3n) is 7.49. The van der Waals surface area contributed by atoms with E-state index in [2.05, 4.69) is 14.8 Å². The minimum absolute atomic E-state index is 0.180. The van der Waals surface area contributed by atoms with Gasteiger partial charge in [-0.2, -0.15) is 0 Å². The number of nitrogens with zero attached hydrogens (tertiary/aromatic N) is 4. The molecule has 9 heteroatoms. The maximum Gasteiger partial charge on any atom is 0.306 e. The van der Waals surface area contributed by atoms with Gasteiger partial charge >= 0.3 is 5.97 Å². The van der Waals surface area contributed by atoms with Crippen LogP contribution in [0.25, 0.3) is 0 Å². The Morgan fingerprint density at radius 1 is 0.943 bits per heavy atom. The zero-order valence-corrected chi connectivity index (χ0v) is 19.6. The molecule has 0 spiro atoms. The number of imide groups is 1. The van der Waals surface area contributed by atoms with Crippen LogP contribution in [-0.4, -0.2) is 80.6 Å². The number of rotatable bonds is 6. The molecule has 2 amide bonds. The van der Waals surface area contributed by atoms with Crippen LogP contribution in [0.5, 0.6) is 0 Å². The zero-order valence-electron chi connectivity index (χ0n) is 19.6. The topological polar surface area (TPSA) is 114 Å². The minimum atomic E-state index is -1.07.